The number of hydrogen-bond acceptors (Lipinski definition) is 2. The molecule has 0 amide bonds. The van der Waals surface area contributed by atoms with Crippen LogP contribution in [-0.4, -0.2) is 7.05 Å². The third-order valence-electron chi connectivity index (χ3n) is 3.79. The second-order valence-corrected chi connectivity index (χ2v) is 6.34. The quantitative estimate of drug-likeness (QED) is 0.786. The van der Waals surface area contributed by atoms with Crippen molar-refractivity contribution in [1.29, 1.82) is 0 Å². The van der Waals surface area contributed by atoms with Crippen molar-refractivity contribution in [1.82, 2.24) is 5.32 Å². The summed E-state index contributed by atoms with van der Waals surface area (Å²) in [4.78, 5) is 1.33. The van der Waals surface area contributed by atoms with E-state index in [-0.39, 0.29) is 0 Å². The predicted octanol–water partition coefficient (Wildman–Crippen LogP) is 4.88. The van der Waals surface area contributed by atoms with E-state index in [2.05, 4.69) is 68.6 Å². The van der Waals surface area contributed by atoms with E-state index < -0.39 is 0 Å². The minimum absolute atomic E-state index is 0.411. The van der Waals surface area contributed by atoms with E-state index in [1.165, 1.54) is 27.1 Å². The normalized spacial score (nSPS) is 12.4. The Hall–Kier alpha value is -1.25. The average Bonchev–Trinajstić information content (AvgIpc) is 2.48. The van der Waals surface area contributed by atoms with Gasteiger partial charge in [-0.3, -0.25) is 0 Å². The van der Waals surface area contributed by atoms with Crippen LogP contribution in [0.1, 0.15) is 35.2 Å². The Bertz CT molecular complexity index is 560. The van der Waals surface area contributed by atoms with Crippen LogP contribution in [-0.2, 0) is 5.75 Å². The molecule has 0 fully saturated rings. The first-order valence-electron chi connectivity index (χ1n) is 7.06. The summed E-state index contributed by atoms with van der Waals surface area (Å²) in [7, 11) is 1.99. The van der Waals surface area contributed by atoms with Gasteiger partial charge in [0.25, 0.3) is 0 Å². The van der Waals surface area contributed by atoms with E-state index >= 15 is 0 Å². The molecule has 0 aliphatic heterocycles. The first-order valence-corrected chi connectivity index (χ1v) is 8.05. The number of aryl methyl sites for hydroxylation is 2. The maximum absolute atomic E-state index is 3.26. The SMILES string of the molecule is CNC(C)c1ccc(SCc2ccc(C)c(C)c2)cc1. The van der Waals surface area contributed by atoms with Gasteiger partial charge in [-0.1, -0.05) is 30.3 Å². The van der Waals surface area contributed by atoms with E-state index in [1.807, 2.05) is 18.8 Å². The lowest BCUT2D eigenvalue weighted by molar-refractivity contribution is 0.652. The molecule has 1 N–H and O–H groups in total. The van der Waals surface area contributed by atoms with Crippen LogP contribution in [0.3, 0.4) is 0 Å². The molecule has 2 aromatic rings. The van der Waals surface area contributed by atoms with Gasteiger partial charge in [0.15, 0.2) is 0 Å². The van der Waals surface area contributed by atoms with Gasteiger partial charge in [-0.15, -0.1) is 11.8 Å². The van der Waals surface area contributed by atoms with Gasteiger partial charge in [-0.25, -0.2) is 0 Å². The first-order chi connectivity index (χ1) is 9.60. The van der Waals surface area contributed by atoms with Gasteiger partial charge in [0.05, 0.1) is 0 Å². The van der Waals surface area contributed by atoms with Crippen LogP contribution in [0.2, 0.25) is 0 Å². The van der Waals surface area contributed by atoms with Crippen LogP contribution in [0.15, 0.2) is 47.4 Å². The molecule has 1 atom stereocenters. The highest BCUT2D eigenvalue weighted by Crippen LogP contribution is 2.25. The summed E-state index contributed by atoms with van der Waals surface area (Å²) in [6.45, 7) is 6.52. The number of rotatable bonds is 5. The molecule has 106 valence electrons. The Labute approximate surface area is 126 Å². The zero-order valence-electron chi connectivity index (χ0n) is 12.7. The summed E-state index contributed by atoms with van der Waals surface area (Å²) in [6, 6.07) is 16.0. The van der Waals surface area contributed by atoms with E-state index in [0.29, 0.717) is 6.04 Å². The summed E-state index contributed by atoms with van der Waals surface area (Å²) in [5.41, 5.74) is 5.47. The molecule has 0 saturated heterocycles. The fourth-order valence-corrected chi connectivity index (χ4v) is 2.92. The zero-order valence-corrected chi connectivity index (χ0v) is 13.6. The van der Waals surface area contributed by atoms with Crippen LogP contribution >= 0.6 is 11.8 Å². The fourth-order valence-electron chi connectivity index (χ4n) is 2.08. The van der Waals surface area contributed by atoms with Crippen molar-refractivity contribution in [3.63, 3.8) is 0 Å². The minimum atomic E-state index is 0.411. The second-order valence-electron chi connectivity index (χ2n) is 5.29. The van der Waals surface area contributed by atoms with Crippen LogP contribution in [0.25, 0.3) is 0 Å². The van der Waals surface area contributed by atoms with Gasteiger partial charge in [-0.05, 0) is 62.2 Å². The third kappa shape index (κ3) is 3.87. The van der Waals surface area contributed by atoms with E-state index in [0.717, 1.165) is 5.75 Å². The van der Waals surface area contributed by atoms with Crippen molar-refractivity contribution in [2.24, 2.45) is 0 Å². The number of hydrogen-bond donors (Lipinski definition) is 1. The van der Waals surface area contributed by atoms with Gasteiger partial charge in [0.2, 0.25) is 0 Å². The molecule has 2 rings (SSSR count). The number of thioether (sulfide) groups is 1. The van der Waals surface area contributed by atoms with Gasteiger partial charge in [0, 0.05) is 16.7 Å². The largest absolute Gasteiger partial charge is 0.313 e. The Morgan fingerprint density at radius 1 is 1.00 bits per heavy atom. The zero-order chi connectivity index (χ0) is 14.5. The molecule has 0 heterocycles. The number of benzene rings is 2. The van der Waals surface area contributed by atoms with Crippen molar-refractivity contribution in [3.05, 3.63) is 64.7 Å². The molecular weight excluding hydrogens is 262 g/mol. The van der Waals surface area contributed by atoms with E-state index in [1.54, 1.807) is 0 Å². The smallest absolute Gasteiger partial charge is 0.0289 e. The van der Waals surface area contributed by atoms with Crippen LogP contribution in [0.4, 0.5) is 0 Å². The van der Waals surface area contributed by atoms with E-state index in [4.69, 9.17) is 0 Å². The van der Waals surface area contributed by atoms with Crippen molar-refractivity contribution in [2.75, 3.05) is 7.05 Å². The molecular formula is C18H23NS. The Balaban J connectivity index is 1.98. The summed E-state index contributed by atoms with van der Waals surface area (Å²) >= 11 is 1.90. The predicted molar refractivity (Wildman–Crippen MR) is 89.4 cm³/mol. The highest BCUT2D eigenvalue weighted by atomic mass is 32.2. The maximum Gasteiger partial charge on any atom is 0.0289 e. The lowest BCUT2D eigenvalue weighted by Gasteiger charge is -2.11. The Morgan fingerprint density at radius 2 is 1.70 bits per heavy atom. The topological polar surface area (TPSA) is 12.0 Å². The highest BCUT2D eigenvalue weighted by Gasteiger charge is 2.03. The minimum Gasteiger partial charge on any atom is -0.313 e. The number of nitrogens with one attached hydrogen (secondary N) is 1. The molecule has 0 saturated carbocycles. The molecule has 1 unspecified atom stereocenters. The molecule has 2 heteroatoms. The molecule has 0 aromatic heterocycles. The molecule has 0 bridgehead atoms. The van der Waals surface area contributed by atoms with Crippen LogP contribution in [0, 0.1) is 13.8 Å². The Morgan fingerprint density at radius 3 is 2.30 bits per heavy atom. The lowest BCUT2D eigenvalue weighted by Crippen LogP contribution is -2.11. The summed E-state index contributed by atoms with van der Waals surface area (Å²) in [5.74, 6) is 1.03. The lowest BCUT2D eigenvalue weighted by atomic mass is 10.1. The average molecular weight is 285 g/mol. The highest BCUT2D eigenvalue weighted by molar-refractivity contribution is 7.98. The standard InChI is InChI=1S/C18H23NS/c1-13-5-6-16(11-14(13)2)12-20-18-9-7-17(8-10-18)15(3)19-4/h5-11,15,19H,12H2,1-4H3. The summed E-state index contributed by atoms with van der Waals surface area (Å²) in [5, 5.41) is 3.26. The maximum atomic E-state index is 3.26. The molecule has 0 aliphatic carbocycles. The first kappa shape index (κ1) is 15.1. The van der Waals surface area contributed by atoms with Crippen molar-refractivity contribution >= 4 is 11.8 Å². The Kier molecular flexibility index (Phi) is 5.27. The monoisotopic (exact) mass is 285 g/mol. The van der Waals surface area contributed by atoms with Gasteiger partial charge >= 0.3 is 0 Å². The van der Waals surface area contributed by atoms with Gasteiger partial charge < -0.3 is 5.32 Å². The third-order valence-corrected chi connectivity index (χ3v) is 4.87. The van der Waals surface area contributed by atoms with Gasteiger partial charge in [0.1, 0.15) is 0 Å². The van der Waals surface area contributed by atoms with Crippen LogP contribution < -0.4 is 5.32 Å². The van der Waals surface area contributed by atoms with Crippen molar-refractivity contribution in [2.45, 2.75) is 37.5 Å². The van der Waals surface area contributed by atoms with Gasteiger partial charge in [-0.2, -0.15) is 0 Å². The van der Waals surface area contributed by atoms with Crippen molar-refractivity contribution < 1.29 is 0 Å². The summed E-state index contributed by atoms with van der Waals surface area (Å²) in [6.07, 6.45) is 0. The van der Waals surface area contributed by atoms with Crippen LogP contribution in [0.5, 0.6) is 0 Å². The molecule has 20 heavy (non-hydrogen) atoms. The fraction of sp³-hybridized carbons (Fsp3) is 0.333. The van der Waals surface area contributed by atoms with E-state index in [9.17, 15) is 0 Å². The van der Waals surface area contributed by atoms with Crippen molar-refractivity contribution in [3.8, 4) is 0 Å². The summed E-state index contributed by atoms with van der Waals surface area (Å²) < 4.78 is 0. The molecule has 0 spiro atoms. The molecule has 1 nitrogen and oxygen atoms in total. The molecule has 0 radical (unpaired) electrons. The molecule has 2 aromatic carbocycles. The molecule has 0 aliphatic rings. The second kappa shape index (κ2) is 6.96.